The monoisotopic (exact) mass is 302 g/mol. The van der Waals surface area contributed by atoms with Crippen LogP contribution in [0.25, 0.3) is 10.6 Å². The molecule has 0 aliphatic rings. The number of nitriles is 1. The van der Waals surface area contributed by atoms with Crippen LogP contribution >= 0.6 is 11.3 Å². The second-order valence-electron chi connectivity index (χ2n) is 4.47. The highest BCUT2D eigenvalue weighted by molar-refractivity contribution is 7.15. The third-order valence-corrected chi connectivity index (χ3v) is 4.06. The van der Waals surface area contributed by atoms with Crippen molar-refractivity contribution in [2.75, 3.05) is 13.7 Å². The molecule has 0 aliphatic heterocycles. The normalized spacial score (nSPS) is 10.2. The minimum Gasteiger partial charge on any atom is -0.493 e. The van der Waals surface area contributed by atoms with Gasteiger partial charge in [0.15, 0.2) is 11.5 Å². The van der Waals surface area contributed by atoms with Crippen molar-refractivity contribution in [2.24, 2.45) is 0 Å². The maximum Gasteiger partial charge on any atom is 0.161 e. The van der Waals surface area contributed by atoms with Gasteiger partial charge in [0.25, 0.3) is 0 Å². The molecular weight excluding hydrogens is 284 g/mol. The van der Waals surface area contributed by atoms with Gasteiger partial charge in [-0.1, -0.05) is 13.8 Å². The van der Waals surface area contributed by atoms with Gasteiger partial charge in [-0.25, -0.2) is 4.98 Å². The van der Waals surface area contributed by atoms with Gasteiger partial charge < -0.3 is 9.47 Å². The molecule has 0 saturated carbocycles. The van der Waals surface area contributed by atoms with Gasteiger partial charge in [-0.2, -0.15) is 5.26 Å². The number of aromatic nitrogens is 1. The average Bonchev–Trinajstić information content (AvgIpc) is 2.96. The van der Waals surface area contributed by atoms with Gasteiger partial charge in [0.05, 0.1) is 19.4 Å². The van der Waals surface area contributed by atoms with Crippen molar-refractivity contribution in [3.63, 3.8) is 0 Å². The van der Waals surface area contributed by atoms with Crippen LogP contribution in [0, 0.1) is 11.3 Å². The van der Waals surface area contributed by atoms with Crippen LogP contribution < -0.4 is 9.47 Å². The van der Waals surface area contributed by atoms with Gasteiger partial charge in [-0.3, -0.25) is 0 Å². The van der Waals surface area contributed by atoms with Crippen molar-refractivity contribution in [3.05, 3.63) is 28.8 Å². The van der Waals surface area contributed by atoms with E-state index in [1.807, 2.05) is 25.1 Å². The molecule has 0 bridgehead atoms. The number of hydrogen-bond donors (Lipinski definition) is 0. The number of benzene rings is 1. The van der Waals surface area contributed by atoms with Crippen molar-refractivity contribution in [1.82, 2.24) is 4.98 Å². The number of rotatable bonds is 6. The largest absolute Gasteiger partial charge is 0.493 e. The van der Waals surface area contributed by atoms with Gasteiger partial charge >= 0.3 is 0 Å². The van der Waals surface area contributed by atoms with Crippen LogP contribution in [0.1, 0.15) is 30.8 Å². The van der Waals surface area contributed by atoms with Gasteiger partial charge in [-0.15, -0.1) is 11.3 Å². The van der Waals surface area contributed by atoms with Gasteiger partial charge in [0.2, 0.25) is 0 Å². The van der Waals surface area contributed by atoms with Gasteiger partial charge in [0.1, 0.15) is 16.0 Å². The Labute approximate surface area is 129 Å². The summed E-state index contributed by atoms with van der Waals surface area (Å²) in [4.78, 5) is 5.22. The molecule has 1 heterocycles. The van der Waals surface area contributed by atoms with Gasteiger partial charge in [0, 0.05) is 5.56 Å². The first kappa shape index (κ1) is 15.3. The van der Waals surface area contributed by atoms with Crippen molar-refractivity contribution < 1.29 is 9.47 Å². The Morgan fingerprint density at radius 1 is 1.29 bits per heavy atom. The zero-order valence-corrected chi connectivity index (χ0v) is 13.3. The highest BCUT2D eigenvalue weighted by Crippen LogP contribution is 2.35. The number of nitrogens with zero attached hydrogens (tertiary/aromatic N) is 2. The number of aryl methyl sites for hydroxylation is 1. The Hall–Kier alpha value is -2.06. The number of hydrogen-bond acceptors (Lipinski definition) is 5. The van der Waals surface area contributed by atoms with E-state index in [-0.39, 0.29) is 0 Å². The minimum absolute atomic E-state index is 0.658. The molecule has 0 fully saturated rings. The van der Waals surface area contributed by atoms with Crippen molar-refractivity contribution in [2.45, 2.75) is 26.7 Å². The Morgan fingerprint density at radius 2 is 2.10 bits per heavy atom. The molecule has 0 spiro atoms. The first-order valence-electron chi connectivity index (χ1n) is 6.94. The highest BCUT2D eigenvalue weighted by Gasteiger charge is 2.13. The minimum atomic E-state index is 0.658. The summed E-state index contributed by atoms with van der Waals surface area (Å²) in [6.07, 6.45) is 1.71. The molecule has 4 nitrogen and oxygen atoms in total. The standard InChI is InChI=1S/C16H18N2O2S/c1-4-8-20-13-7-6-11(9-14(13)19-3)16-18-12(5-2)15(10-17)21-16/h6-7,9H,4-5,8H2,1-3H3. The van der Waals surface area contributed by atoms with E-state index < -0.39 is 0 Å². The summed E-state index contributed by atoms with van der Waals surface area (Å²) in [7, 11) is 1.62. The maximum absolute atomic E-state index is 9.13. The lowest BCUT2D eigenvalue weighted by molar-refractivity contribution is 0.294. The van der Waals surface area contributed by atoms with Crippen LogP contribution in [0.5, 0.6) is 11.5 Å². The molecule has 2 rings (SSSR count). The summed E-state index contributed by atoms with van der Waals surface area (Å²) in [5.74, 6) is 1.42. The van der Waals surface area contributed by atoms with E-state index in [4.69, 9.17) is 14.7 Å². The zero-order chi connectivity index (χ0) is 15.2. The summed E-state index contributed by atoms with van der Waals surface area (Å²) >= 11 is 1.41. The number of ether oxygens (including phenoxy) is 2. The van der Waals surface area contributed by atoms with E-state index in [1.165, 1.54) is 11.3 Å². The molecule has 5 heteroatoms. The Morgan fingerprint density at radius 3 is 2.67 bits per heavy atom. The molecule has 0 radical (unpaired) electrons. The number of methoxy groups -OCH3 is 1. The Kier molecular flexibility index (Phi) is 5.18. The fraction of sp³-hybridized carbons (Fsp3) is 0.375. The van der Waals surface area contributed by atoms with Crippen molar-refractivity contribution in [3.8, 4) is 28.1 Å². The van der Waals surface area contributed by atoms with E-state index in [2.05, 4.69) is 18.0 Å². The molecule has 110 valence electrons. The van der Waals surface area contributed by atoms with Crippen molar-refractivity contribution >= 4 is 11.3 Å². The smallest absolute Gasteiger partial charge is 0.161 e. The van der Waals surface area contributed by atoms with E-state index in [0.29, 0.717) is 17.2 Å². The molecule has 0 unspecified atom stereocenters. The Balaban J connectivity index is 2.36. The molecule has 0 N–H and O–H groups in total. The van der Waals surface area contributed by atoms with Crippen LogP contribution in [0.3, 0.4) is 0 Å². The topological polar surface area (TPSA) is 55.1 Å². The molecule has 2 aromatic rings. The quantitative estimate of drug-likeness (QED) is 0.808. The van der Waals surface area contributed by atoms with Gasteiger partial charge in [-0.05, 0) is 31.0 Å². The molecule has 1 aromatic heterocycles. The van der Waals surface area contributed by atoms with Crippen LogP contribution in [0.4, 0.5) is 0 Å². The first-order chi connectivity index (χ1) is 10.2. The molecule has 21 heavy (non-hydrogen) atoms. The second-order valence-corrected chi connectivity index (χ2v) is 5.47. The highest BCUT2D eigenvalue weighted by atomic mass is 32.1. The maximum atomic E-state index is 9.13. The van der Waals surface area contributed by atoms with E-state index in [9.17, 15) is 0 Å². The molecule has 1 aromatic carbocycles. The molecular formula is C16H18N2O2S. The average molecular weight is 302 g/mol. The fourth-order valence-corrected chi connectivity index (χ4v) is 2.88. The summed E-state index contributed by atoms with van der Waals surface area (Å²) in [5, 5.41) is 9.96. The fourth-order valence-electron chi connectivity index (χ4n) is 1.93. The summed E-state index contributed by atoms with van der Waals surface area (Å²) in [6.45, 7) is 4.72. The molecule has 0 amide bonds. The second kappa shape index (κ2) is 7.09. The third-order valence-electron chi connectivity index (χ3n) is 3.01. The Bertz CT molecular complexity index is 659. The first-order valence-corrected chi connectivity index (χ1v) is 7.76. The zero-order valence-electron chi connectivity index (χ0n) is 12.5. The number of thiazole rings is 1. The third kappa shape index (κ3) is 3.34. The molecule has 0 atom stereocenters. The predicted octanol–water partition coefficient (Wildman–Crippen LogP) is 4.04. The van der Waals surface area contributed by atoms with Crippen LogP contribution in [0.15, 0.2) is 18.2 Å². The molecule has 0 saturated heterocycles. The lowest BCUT2D eigenvalue weighted by Gasteiger charge is -2.10. The van der Waals surface area contributed by atoms with Crippen molar-refractivity contribution in [1.29, 1.82) is 5.26 Å². The lowest BCUT2D eigenvalue weighted by atomic mass is 10.2. The SMILES string of the molecule is CCCOc1ccc(-c2nc(CC)c(C#N)s2)cc1OC. The predicted molar refractivity (Wildman–Crippen MR) is 84.0 cm³/mol. The van der Waals surface area contributed by atoms with Crippen LogP contribution in [-0.2, 0) is 6.42 Å². The lowest BCUT2D eigenvalue weighted by Crippen LogP contribution is -1.97. The van der Waals surface area contributed by atoms with E-state index in [1.54, 1.807) is 7.11 Å². The summed E-state index contributed by atoms with van der Waals surface area (Å²) in [6, 6.07) is 7.95. The van der Waals surface area contributed by atoms with E-state index >= 15 is 0 Å². The summed E-state index contributed by atoms with van der Waals surface area (Å²) < 4.78 is 11.0. The van der Waals surface area contributed by atoms with E-state index in [0.717, 1.165) is 34.9 Å². The van der Waals surface area contributed by atoms with Crippen LogP contribution in [0.2, 0.25) is 0 Å². The van der Waals surface area contributed by atoms with Crippen LogP contribution in [-0.4, -0.2) is 18.7 Å². The summed E-state index contributed by atoms with van der Waals surface area (Å²) in [5.41, 5.74) is 1.79. The molecule has 0 aliphatic carbocycles.